The third-order valence-electron chi connectivity index (χ3n) is 5.78. The van der Waals surface area contributed by atoms with Gasteiger partial charge in [-0.1, -0.05) is 0 Å². The highest BCUT2D eigenvalue weighted by atomic mass is 16.5. The van der Waals surface area contributed by atoms with Gasteiger partial charge in [0.2, 0.25) is 11.8 Å². The van der Waals surface area contributed by atoms with Gasteiger partial charge in [-0.15, -0.1) is 0 Å². The van der Waals surface area contributed by atoms with Gasteiger partial charge in [0.25, 0.3) is 0 Å². The van der Waals surface area contributed by atoms with Crippen molar-refractivity contribution in [3.05, 3.63) is 29.6 Å². The van der Waals surface area contributed by atoms with Gasteiger partial charge in [0, 0.05) is 43.2 Å². The maximum absolute atomic E-state index is 12.3. The first-order valence-corrected chi connectivity index (χ1v) is 11.8. The van der Waals surface area contributed by atoms with Crippen LogP contribution in [-0.4, -0.2) is 84.2 Å². The summed E-state index contributed by atoms with van der Waals surface area (Å²) in [5.74, 6) is 1.86. The molecule has 1 N–H and O–H groups in total. The fourth-order valence-corrected chi connectivity index (χ4v) is 4.18. The topological polar surface area (TPSA) is 110 Å². The fraction of sp³-hybridized carbons (Fsp3) is 0.542. The first-order chi connectivity index (χ1) is 16.4. The van der Waals surface area contributed by atoms with Crippen LogP contribution in [0.15, 0.2) is 18.3 Å². The summed E-state index contributed by atoms with van der Waals surface area (Å²) in [6, 6.07) is 3.68. The number of anilines is 1. The SMILES string of the molecule is CC(C)NC(=O)CN(C)c1nc(-c2cc(OCCN3CCOCC3=O)ccn2)nc2c1CCC2. The number of nitrogens with one attached hydrogen (secondary N) is 1. The van der Waals surface area contributed by atoms with Crippen LogP contribution in [0, 0.1) is 0 Å². The molecule has 1 fully saturated rings. The highest BCUT2D eigenvalue weighted by Gasteiger charge is 2.24. The quantitative estimate of drug-likeness (QED) is 0.585. The molecule has 2 aliphatic rings. The molecule has 1 aliphatic carbocycles. The first-order valence-electron chi connectivity index (χ1n) is 11.8. The highest BCUT2D eigenvalue weighted by molar-refractivity contribution is 5.81. The number of hydrogen-bond acceptors (Lipinski definition) is 8. The minimum atomic E-state index is -0.0447. The molecule has 182 valence electrons. The van der Waals surface area contributed by atoms with E-state index >= 15 is 0 Å². The van der Waals surface area contributed by atoms with E-state index in [1.807, 2.05) is 31.9 Å². The minimum Gasteiger partial charge on any atom is -0.492 e. The van der Waals surface area contributed by atoms with Crippen molar-refractivity contribution in [2.75, 3.05) is 51.4 Å². The van der Waals surface area contributed by atoms with Crippen molar-refractivity contribution in [3.8, 4) is 17.3 Å². The van der Waals surface area contributed by atoms with Gasteiger partial charge in [0.15, 0.2) is 5.82 Å². The molecule has 0 spiro atoms. The number of pyridine rings is 1. The lowest BCUT2D eigenvalue weighted by Gasteiger charge is -2.26. The zero-order valence-electron chi connectivity index (χ0n) is 20.0. The van der Waals surface area contributed by atoms with Crippen LogP contribution in [0.25, 0.3) is 11.5 Å². The molecule has 4 rings (SSSR count). The second kappa shape index (κ2) is 10.8. The van der Waals surface area contributed by atoms with Crippen LogP contribution in [0.4, 0.5) is 5.82 Å². The van der Waals surface area contributed by atoms with Gasteiger partial charge in [-0.2, -0.15) is 0 Å². The molecule has 0 bridgehead atoms. The molecular formula is C24H32N6O4. The van der Waals surface area contributed by atoms with Crippen molar-refractivity contribution in [3.63, 3.8) is 0 Å². The Kier molecular flexibility index (Phi) is 7.56. The molecule has 1 saturated heterocycles. The molecule has 0 unspecified atom stereocenters. The Morgan fingerprint density at radius 1 is 1.32 bits per heavy atom. The summed E-state index contributed by atoms with van der Waals surface area (Å²) in [6.45, 7) is 6.25. The monoisotopic (exact) mass is 468 g/mol. The summed E-state index contributed by atoms with van der Waals surface area (Å²) in [5.41, 5.74) is 2.72. The second-order valence-electron chi connectivity index (χ2n) is 8.89. The van der Waals surface area contributed by atoms with E-state index < -0.39 is 0 Å². The van der Waals surface area contributed by atoms with E-state index in [4.69, 9.17) is 19.4 Å². The molecule has 1 aliphatic heterocycles. The minimum absolute atomic E-state index is 0.0180. The number of hydrogen-bond donors (Lipinski definition) is 1. The first kappa shape index (κ1) is 23.9. The normalized spacial score (nSPS) is 15.4. The Labute approximate surface area is 199 Å². The number of rotatable bonds is 9. The third-order valence-corrected chi connectivity index (χ3v) is 5.78. The Morgan fingerprint density at radius 2 is 2.18 bits per heavy atom. The van der Waals surface area contributed by atoms with Gasteiger partial charge in [-0.3, -0.25) is 14.6 Å². The standard InChI is InChI=1S/C24H32N6O4/c1-16(2)26-21(31)14-29(3)24-18-5-4-6-19(18)27-23(28-24)20-13-17(7-8-25-20)34-12-10-30-9-11-33-15-22(30)32/h7-8,13,16H,4-6,9-12,14-15H2,1-3H3,(H,26,31). The Morgan fingerprint density at radius 3 is 2.97 bits per heavy atom. The number of morpholine rings is 1. The van der Waals surface area contributed by atoms with Gasteiger partial charge in [0.1, 0.15) is 30.5 Å². The van der Waals surface area contributed by atoms with E-state index in [2.05, 4.69) is 10.3 Å². The molecule has 2 aromatic rings. The number of aryl methyl sites for hydroxylation is 1. The molecule has 34 heavy (non-hydrogen) atoms. The predicted molar refractivity (Wildman–Crippen MR) is 127 cm³/mol. The molecule has 3 heterocycles. The molecule has 0 aromatic carbocycles. The largest absolute Gasteiger partial charge is 0.492 e. The highest BCUT2D eigenvalue weighted by Crippen LogP contribution is 2.31. The average molecular weight is 469 g/mol. The Balaban J connectivity index is 1.49. The maximum Gasteiger partial charge on any atom is 0.248 e. The zero-order valence-corrected chi connectivity index (χ0v) is 20.0. The van der Waals surface area contributed by atoms with Gasteiger partial charge in [0.05, 0.1) is 19.7 Å². The molecular weight excluding hydrogens is 436 g/mol. The number of likely N-dealkylation sites (N-methyl/N-ethyl adjacent to an activating group) is 1. The van der Waals surface area contributed by atoms with E-state index in [-0.39, 0.29) is 31.0 Å². The van der Waals surface area contributed by atoms with Gasteiger partial charge >= 0.3 is 0 Å². The smallest absolute Gasteiger partial charge is 0.248 e. The lowest BCUT2D eigenvalue weighted by molar-refractivity contribution is -0.143. The van der Waals surface area contributed by atoms with Crippen molar-refractivity contribution in [1.29, 1.82) is 0 Å². The number of nitrogens with zero attached hydrogens (tertiary/aromatic N) is 5. The van der Waals surface area contributed by atoms with E-state index in [1.165, 1.54) is 0 Å². The predicted octanol–water partition coefficient (Wildman–Crippen LogP) is 1.23. The van der Waals surface area contributed by atoms with Gasteiger partial charge < -0.3 is 24.6 Å². The molecule has 0 saturated carbocycles. The summed E-state index contributed by atoms with van der Waals surface area (Å²) in [6.07, 6.45) is 4.47. The Bertz CT molecular complexity index is 1040. The van der Waals surface area contributed by atoms with Crippen molar-refractivity contribution >= 4 is 17.6 Å². The second-order valence-corrected chi connectivity index (χ2v) is 8.89. The van der Waals surface area contributed by atoms with Crippen molar-refractivity contribution in [1.82, 2.24) is 25.2 Å². The lowest BCUT2D eigenvalue weighted by atomic mass is 10.2. The van der Waals surface area contributed by atoms with Crippen LogP contribution in [0.5, 0.6) is 5.75 Å². The van der Waals surface area contributed by atoms with E-state index in [0.29, 0.717) is 43.6 Å². The maximum atomic E-state index is 12.3. The molecule has 2 aromatic heterocycles. The number of aromatic nitrogens is 3. The van der Waals surface area contributed by atoms with Crippen LogP contribution in [0.2, 0.25) is 0 Å². The van der Waals surface area contributed by atoms with Gasteiger partial charge in [-0.05, 0) is 39.2 Å². The number of carbonyl (C=O) groups is 2. The third kappa shape index (κ3) is 5.80. The molecule has 0 atom stereocenters. The van der Waals surface area contributed by atoms with Crippen molar-refractivity contribution < 1.29 is 19.1 Å². The van der Waals surface area contributed by atoms with Crippen LogP contribution in [0.1, 0.15) is 31.5 Å². The summed E-state index contributed by atoms with van der Waals surface area (Å²) in [5, 5.41) is 2.93. The lowest BCUT2D eigenvalue weighted by Crippen LogP contribution is -2.43. The van der Waals surface area contributed by atoms with E-state index in [1.54, 1.807) is 17.2 Å². The van der Waals surface area contributed by atoms with E-state index in [0.717, 1.165) is 36.3 Å². The molecule has 10 heteroatoms. The fourth-order valence-electron chi connectivity index (χ4n) is 4.18. The Hall–Kier alpha value is -3.27. The van der Waals surface area contributed by atoms with E-state index in [9.17, 15) is 9.59 Å². The molecule has 2 amide bonds. The van der Waals surface area contributed by atoms with Crippen molar-refractivity contribution in [2.45, 2.75) is 39.2 Å². The number of ether oxygens (including phenoxy) is 2. The summed E-state index contributed by atoms with van der Waals surface area (Å²) >= 11 is 0. The van der Waals surface area contributed by atoms with Gasteiger partial charge in [-0.25, -0.2) is 9.97 Å². The number of carbonyl (C=O) groups excluding carboxylic acids is 2. The summed E-state index contributed by atoms with van der Waals surface area (Å²) in [4.78, 5) is 41.8. The van der Waals surface area contributed by atoms with Crippen molar-refractivity contribution in [2.24, 2.45) is 0 Å². The molecule has 10 nitrogen and oxygen atoms in total. The number of fused-ring (bicyclic) bond motifs is 1. The van der Waals surface area contributed by atoms with Crippen LogP contribution >= 0.6 is 0 Å². The van der Waals surface area contributed by atoms with Crippen LogP contribution < -0.4 is 15.0 Å². The number of amides is 2. The summed E-state index contributed by atoms with van der Waals surface area (Å²) in [7, 11) is 1.88. The van der Waals surface area contributed by atoms with Crippen LogP contribution in [0.3, 0.4) is 0 Å². The zero-order chi connectivity index (χ0) is 24.1. The molecule has 0 radical (unpaired) electrons. The average Bonchev–Trinajstić information content (AvgIpc) is 3.28. The van der Waals surface area contributed by atoms with Crippen LogP contribution in [-0.2, 0) is 27.2 Å². The summed E-state index contributed by atoms with van der Waals surface area (Å²) < 4.78 is 11.0.